The minimum atomic E-state index is 0.0399. The molecule has 154 valence electrons. The Morgan fingerprint density at radius 2 is 1.82 bits per heavy atom. The quantitative estimate of drug-likeness (QED) is 0.631. The van der Waals surface area contributed by atoms with Crippen molar-refractivity contribution in [2.24, 2.45) is 11.3 Å². The third-order valence-corrected chi connectivity index (χ3v) is 6.82. The zero-order valence-corrected chi connectivity index (χ0v) is 18.7. The van der Waals surface area contributed by atoms with E-state index >= 15 is 0 Å². The number of carbonyl (C=O) groups excluding carboxylic acids is 1. The number of hydrogen-bond acceptors (Lipinski definition) is 2. The number of piperidine rings is 1. The molecule has 0 aromatic rings. The molecule has 0 unspecified atom stereocenters. The van der Waals surface area contributed by atoms with Gasteiger partial charge in [0.15, 0.2) is 0 Å². The SMILES string of the molecule is C[C@H](CN1CC[C@H](C2=CC=C(Cl)CC2)C(C)(C)C1)NC(=O)C1=CC=C(Cl)CC1. The van der Waals surface area contributed by atoms with Gasteiger partial charge in [0.25, 0.3) is 0 Å². The maximum Gasteiger partial charge on any atom is 0.247 e. The molecule has 0 bridgehead atoms. The second-order valence-corrected chi connectivity index (χ2v) is 10.1. The van der Waals surface area contributed by atoms with Gasteiger partial charge < -0.3 is 10.2 Å². The minimum absolute atomic E-state index is 0.0399. The van der Waals surface area contributed by atoms with Gasteiger partial charge in [-0.15, -0.1) is 0 Å². The Morgan fingerprint density at radius 3 is 2.39 bits per heavy atom. The van der Waals surface area contributed by atoms with Gasteiger partial charge in [0.1, 0.15) is 0 Å². The Morgan fingerprint density at radius 1 is 1.14 bits per heavy atom. The highest BCUT2D eigenvalue weighted by atomic mass is 35.5. The third-order valence-electron chi connectivity index (χ3n) is 6.19. The number of carbonyl (C=O) groups is 1. The Balaban J connectivity index is 1.53. The molecule has 1 amide bonds. The van der Waals surface area contributed by atoms with E-state index in [2.05, 4.69) is 43.1 Å². The van der Waals surface area contributed by atoms with E-state index in [0.717, 1.165) is 61.0 Å². The number of nitrogens with zero attached hydrogens (tertiary/aromatic N) is 1. The molecular weight excluding hydrogens is 391 g/mol. The summed E-state index contributed by atoms with van der Waals surface area (Å²) in [7, 11) is 0. The van der Waals surface area contributed by atoms with Crippen LogP contribution in [0.5, 0.6) is 0 Å². The molecule has 0 aromatic heterocycles. The lowest BCUT2D eigenvalue weighted by atomic mass is 9.68. The first-order valence-corrected chi connectivity index (χ1v) is 11.1. The lowest BCUT2D eigenvalue weighted by Gasteiger charge is -2.46. The highest BCUT2D eigenvalue weighted by Gasteiger charge is 2.38. The van der Waals surface area contributed by atoms with Crippen LogP contribution in [0.25, 0.3) is 0 Å². The van der Waals surface area contributed by atoms with Crippen molar-refractivity contribution in [3.05, 3.63) is 45.5 Å². The molecule has 0 aromatic carbocycles. The van der Waals surface area contributed by atoms with Crippen LogP contribution in [0, 0.1) is 11.3 Å². The van der Waals surface area contributed by atoms with Crippen LogP contribution in [-0.4, -0.2) is 36.5 Å². The molecule has 0 radical (unpaired) electrons. The van der Waals surface area contributed by atoms with Crippen molar-refractivity contribution in [1.29, 1.82) is 0 Å². The molecule has 0 spiro atoms. The second kappa shape index (κ2) is 9.19. The molecule has 1 saturated heterocycles. The first kappa shape index (κ1) is 21.7. The minimum Gasteiger partial charge on any atom is -0.349 e. The van der Waals surface area contributed by atoms with E-state index in [1.807, 2.05) is 12.2 Å². The molecular formula is C23H32Cl2N2O. The largest absolute Gasteiger partial charge is 0.349 e. The summed E-state index contributed by atoms with van der Waals surface area (Å²) in [5.41, 5.74) is 2.59. The molecule has 3 rings (SSSR count). The van der Waals surface area contributed by atoms with Gasteiger partial charge in [-0.25, -0.2) is 0 Å². The molecule has 2 aliphatic carbocycles. The predicted molar refractivity (Wildman–Crippen MR) is 118 cm³/mol. The number of rotatable bonds is 5. The third kappa shape index (κ3) is 5.52. The summed E-state index contributed by atoms with van der Waals surface area (Å²) in [6, 6.07) is 0.123. The summed E-state index contributed by atoms with van der Waals surface area (Å²) in [6.45, 7) is 9.85. The van der Waals surface area contributed by atoms with Crippen molar-refractivity contribution in [3.63, 3.8) is 0 Å². The van der Waals surface area contributed by atoms with Crippen LogP contribution in [0.3, 0.4) is 0 Å². The van der Waals surface area contributed by atoms with E-state index < -0.39 is 0 Å². The van der Waals surface area contributed by atoms with Gasteiger partial charge in [-0.3, -0.25) is 4.79 Å². The number of amides is 1. The van der Waals surface area contributed by atoms with Crippen molar-refractivity contribution in [2.75, 3.05) is 19.6 Å². The smallest absolute Gasteiger partial charge is 0.247 e. The number of nitrogens with one attached hydrogen (secondary N) is 1. The lowest BCUT2D eigenvalue weighted by molar-refractivity contribution is -0.118. The monoisotopic (exact) mass is 422 g/mol. The fraction of sp³-hybridized carbons (Fsp3) is 0.609. The summed E-state index contributed by atoms with van der Waals surface area (Å²) in [6.07, 6.45) is 12.7. The fourth-order valence-corrected chi connectivity index (χ4v) is 5.09. The van der Waals surface area contributed by atoms with Gasteiger partial charge in [0.2, 0.25) is 5.91 Å². The number of likely N-dealkylation sites (tertiary alicyclic amines) is 1. The topological polar surface area (TPSA) is 32.3 Å². The molecule has 0 saturated carbocycles. The summed E-state index contributed by atoms with van der Waals surface area (Å²) >= 11 is 12.1. The zero-order valence-electron chi connectivity index (χ0n) is 17.2. The summed E-state index contributed by atoms with van der Waals surface area (Å²) in [4.78, 5) is 15.0. The van der Waals surface area contributed by atoms with Crippen LogP contribution in [0.2, 0.25) is 0 Å². The zero-order chi connectivity index (χ0) is 20.3. The molecule has 1 N–H and O–H groups in total. The highest BCUT2D eigenvalue weighted by Crippen LogP contribution is 2.42. The molecule has 3 aliphatic rings. The second-order valence-electron chi connectivity index (χ2n) is 9.10. The van der Waals surface area contributed by atoms with E-state index in [1.165, 1.54) is 6.42 Å². The van der Waals surface area contributed by atoms with Gasteiger partial charge in [-0.2, -0.15) is 0 Å². The molecule has 28 heavy (non-hydrogen) atoms. The molecule has 2 atom stereocenters. The van der Waals surface area contributed by atoms with Gasteiger partial charge in [-0.05, 0) is 69.1 Å². The van der Waals surface area contributed by atoms with Gasteiger partial charge >= 0.3 is 0 Å². The average molecular weight is 423 g/mol. The summed E-state index contributed by atoms with van der Waals surface area (Å²) in [5.74, 6) is 0.650. The van der Waals surface area contributed by atoms with Crippen molar-refractivity contribution >= 4 is 29.1 Å². The first-order valence-electron chi connectivity index (χ1n) is 10.4. The Labute approximate surface area is 179 Å². The van der Waals surface area contributed by atoms with Crippen molar-refractivity contribution in [3.8, 4) is 0 Å². The van der Waals surface area contributed by atoms with E-state index in [4.69, 9.17) is 23.2 Å². The van der Waals surface area contributed by atoms with Gasteiger partial charge in [0.05, 0.1) is 0 Å². The standard InChI is InChI=1S/C23H32Cl2N2O/c1-16(26-22(28)18-6-10-20(25)11-7-18)14-27-13-12-21(23(2,3)15-27)17-4-8-19(24)9-5-17/h4,6,8,10,16,21H,5,7,9,11-15H2,1-3H3,(H,26,28)/t16-,21-/m1/s1. The lowest BCUT2D eigenvalue weighted by Crippen LogP contribution is -2.51. The Kier molecular flexibility index (Phi) is 7.12. The highest BCUT2D eigenvalue weighted by molar-refractivity contribution is 6.30. The van der Waals surface area contributed by atoms with Crippen LogP contribution in [-0.2, 0) is 4.79 Å². The van der Waals surface area contributed by atoms with E-state index in [-0.39, 0.29) is 17.4 Å². The van der Waals surface area contributed by atoms with E-state index in [9.17, 15) is 4.79 Å². The van der Waals surface area contributed by atoms with E-state index in [1.54, 1.807) is 5.57 Å². The average Bonchev–Trinajstić information content (AvgIpc) is 2.62. The van der Waals surface area contributed by atoms with Crippen molar-refractivity contribution in [2.45, 2.75) is 58.9 Å². The van der Waals surface area contributed by atoms with E-state index in [0.29, 0.717) is 5.92 Å². The predicted octanol–water partition coefficient (Wildman–Crippen LogP) is 5.53. The summed E-state index contributed by atoms with van der Waals surface area (Å²) < 4.78 is 0. The number of hydrogen-bond donors (Lipinski definition) is 1. The van der Waals surface area contributed by atoms with Crippen molar-refractivity contribution in [1.82, 2.24) is 10.2 Å². The van der Waals surface area contributed by atoms with Crippen LogP contribution in [0.15, 0.2) is 45.5 Å². The molecule has 5 heteroatoms. The van der Waals surface area contributed by atoms with Crippen LogP contribution in [0.1, 0.15) is 52.9 Å². The molecule has 1 aliphatic heterocycles. The molecule has 1 fully saturated rings. The Hall–Kier alpha value is -1.03. The maximum absolute atomic E-state index is 12.5. The first-order chi connectivity index (χ1) is 13.2. The fourth-order valence-electron chi connectivity index (χ4n) is 4.78. The van der Waals surface area contributed by atoms with Gasteiger partial charge in [-0.1, -0.05) is 54.8 Å². The number of allylic oxidation sites excluding steroid dienone is 7. The maximum atomic E-state index is 12.5. The number of halogens is 2. The van der Waals surface area contributed by atoms with Crippen LogP contribution >= 0.6 is 23.2 Å². The van der Waals surface area contributed by atoms with Crippen molar-refractivity contribution < 1.29 is 4.79 Å². The summed E-state index contributed by atoms with van der Waals surface area (Å²) in [5, 5.41) is 4.95. The van der Waals surface area contributed by atoms with Crippen LogP contribution < -0.4 is 5.32 Å². The normalized spacial score (nSPS) is 26.5. The molecule has 3 nitrogen and oxygen atoms in total. The molecule has 1 heterocycles. The van der Waals surface area contributed by atoms with Crippen LogP contribution in [0.4, 0.5) is 0 Å². The van der Waals surface area contributed by atoms with Gasteiger partial charge in [0, 0.05) is 34.8 Å². The Bertz CT molecular complexity index is 733.